The number of aliphatic hydroxyl groups is 1. The fourth-order valence-corrected chi connectivity index (χ4v) is 4.37. The van der Waals surface area contributed by atoms with Crippen LogP contribution in [0.5, 0.6) is 0 Å². The lowest BCUT2D eigenvalue weighted by molar-refractivity contribution is 0.159. The van der Waals surface area contributed by atoms with E-state index in [-0.39, 0.29) is 18.2 Å². The Kier molecular flexibility index (Phi) is 4.93. The molecule has 1 saturated carbocycles. The molecule has 0 saturated heterocycles. The normalized spacial score (nSPS) is 24.7. The van der Waals surface area contributed by atoms with Gasteiger partial charge < -0.3 is 15.7 Å². The molecular formula is C22H26N2O2. The molecule has 1 fully saturated rings. The molecular weight excluding hydrogens is 324 g/mol. The number of rotatable bonds is 3. The first-order chi connectivity index (χ1) is 12.7. The molecule has 4 nitrogen and oxygen atoms in total. The van der Waals surface area contributed by atoms with Crippen LogP contribution in [-0.4, -0.2) is 23.3 Å². The van der Waals surface area contributed by atoms with Gasteiger partial charge in [0, 0.05) is 18.2 Å². The lowest BCUT2D eigenvalue weighted by Crippen LogP contribution is -2.37. The van der Waals surface area contributed by atoms with Crippen LogP contribution >= 0.6 is 0 Å². The Balaban J connectivity index is 1.37. The lowest BCUT2D eigenvalue weighted by Gasteiger charge is -2.24. The van der Waals surface area contributed by atoms with Crippen molar-refractivity contribution in [1.29, 1.82) is 0 Å². The Morgan fingerprint density at radius 1 is 1.00 bits per heavy atom. The van der Waals surface area contributed by atoms with Crippen LogP contribution in [0.1, 0.15) is 48.3 Å². The highest BCUT2D eigenvalue weighted by atomic mass is 16.3. The van der Waals surface area contributed by atoms with Gasteiger partial charge in [-0.3, -0.25) is 0 Å². The minimum absolute atomic E-state index is 0.142. The Labute approximate surface area is 154 Å². The smallest absolute Gasteiger partial charge is 0.319 e. The van der Waals surface area contributed by atoms with Gasteiger partial charge in [-0.15, -0.1) is 0 Å². The number of carbonyl (C=O) groups is 1. The van der Waals surface area contributed by atoms with Crippen molar-refractivity contribution in [3.63, 3.8) is 0 Å². The van der Waals surface area contributed by atoms with Gasteiger partial charge in [0.05, 0.1) is 6.10 Å². The molecule has 2 amide bonds. The van der Waals surface area contributed by atoms with Crippen molar-refractivity contribution in [3.8, 4) is 0 Å². The van der Waals surface area contributed by atoms with Crippen molar-refractivity contribution in [1.82, 2.24) is 5.32 Å². The first kappa shape index (κ1) is 17.1. The van der Waals surface area contributed by atoms with E-state index < -0.39 is 0 Å². The summed E-state index contributed by atoms with van der Waals surface area (Å²) in [4.78, 5) is 12.5. The topological polar surface area (TPSA) is 61.4 Å². The van der Waals surface area contributed by atoms with Gasteiger partial charge in [-0.05, 0) is 60.8 Å². The first-order valence-corrected chi connectivity index (χ1v) is 9.60. The van der Waals surface area contributed by atoms with E-state index in [1.165, 1.54) is 11.1 Å². The fraction of sp³-hybridized carbons (Fsp3) is 0.409. The number of hydrogen-bond donors (Lipinski definition) is 3. The molecule has 0 aromatic heterocycles. The van der Waals surface area contributed by atoms with Crippen molar-refractivity contribution < 1.29 is 9.90 Å². The molecule has 2 aliphatic rings. The molecule has 136 valence electrons. The summed E-state index contributed by atoms with van der Waals surface area (Å²) >= 11 is 0. The highest BCUT2D eigenvalue weighted by Gasteiger charge is 2.27. The summed E-state index contributed by atoms with van der Waals surface area (Å²) in [6, 6.07) is 16.6. The van der Waals surface area contributed by atoms with Crippen molar-refractivity contribution >= 4 is 11.7 Å². The molecule has 0 aliphatic heterocycles. The molecule has 4 heteroatoms. The van der Waals surface area contributed by atoms with Gasteiger partial charge in [0.25, 0.3) is 0 Å². The summed E-state index contributed by atoms with van der Waals surface area (Å²) in [7, 11) is 0. The van der Waals surface area contributed by atoms with Crippen LogP contribution in [-0.2, 0) is 12.8 Å². The molecule has 26 heavy (non-hydrogen) atoms. The number of anilines is 1. The van der Waals surface area contributed by atoms with E-state index in [0.717, 1.165) is 43.4 Å². The van der Waals surface area contributed by atoms with Gasteiger partial charge in [-0.2, -0.15) is 0 Å². The third-order valence-corrected chi connectivity index (χ3v) is 5.75. The second kappa shape index (κ2) is 7.50. The third-order valence-electron chi connectivity index (χ3n) is 5.75. The van der Waals surface area contributed by atoms with Crippen LogP contribution in [0.2, 0.25) is 0 Å². The molecule has 0 bridgehead atoms. The molecule has 0 radical (unpaired) electrons. The van der Waals surface area contributed by atoms with E-state index >= 15 is 0 Å². The third kappa shape index (κ3) is 3.75. The standard InChI is InChI=1S/C22H26N2O2/c25-19-12-10-16-7-4-8-21(20(16)14-19)24-22(26)23-18-11-9-17(13-18)15-5-2-1-3-6-15/h1-8,17-19,25H,9-14H2,(H2,23,24,26)/t17-,18-,19-/m0/s1. The van der Waals surface area contributed by atoms with Crippen LogP contribution in [0.4, 0.5) is 10.5 Å². The predicted molar refractivity (Wildman–Crippen MR) is 103 cm³/mol. The Bertz CT molecular complexity index is 775. The minimum Gasteiger partial charge on any atom is -0.393 e. The largest absolute Gasteiger partial charge is 0.393 e. The van der Waals surface area contributed by atoms with E-state index in [1.807, 2.05) is 18.2 Å². The molecule has 2 aromatic carbocycles. The number of fused-ring (bicyclic) bond motifs is 1. The average molecular weight is 350 g/mol. The SMILES string of the molecule is O=C(Nc1cccc2c1C[C@@H](O)CC2)N[C@H]1CC[C@H](c2ccccc2)C1. The zero-order chi connectivity index (χ0) is 17.9. The maximum Gasteiger partial charge on any atom is 0.319 e. The van der Waals surface area contributed by atoms with Crippen molar-refractivity contribution in [2.75, 3.05) is 5.32 Å². The van der Waals surface area contributed by atoms with Crippen LogP contribution in [0.25, 0.3) is 0 Å². The summed E-state index contributed by atoms with van der Waals surface area (Å²) in [5, 5.41) is 16.1. The second-order valence-corrected chi connectivity index (χ2v) is 7.56. The minimum atomic E-state index is -0.310. The van der Waals surface area contributed by atoms with Gasteiger partial charge >= 0.3 is 6.03 Å². The molecule has 4 rings (SSSR count). The van der Waals surface area contributed by atoms with Crippen molar-refractivity contribution in [2.24, 2.45) is 0 Å². The highest BCUT2D eigenvalue weighted by molar-refractivity contribution is 5.90. The van der Waals surface area contributed by atoms with Crippen LogP contribution in [0, 0.1) is 0 Å². The number of amides is 2. The summed E-state index contributed by atoms with van der Waals surface area (Å²) in [6.45, 7) is 0. The molecule has 3 N–H and O–H groups in total. The Hall–Kier alpha value is -2.33. The zero-order valence-corrected chi connectivity index (χ0v) is 14.9. The van der Waals surface area contributed by atoms with E-state index in [0.29, 0.717) is 12.3 Å². The molecule has 2 aromatic rings. The molecule has 0 heterocycles. The molecule has 0 unspecified atom stereocenters. The monoisotopic (exact) mass is 350 g/mol. The summed E-state index contributed by atoms with van der Waals surface area (Å²) in [5.41, 5.74) is 4.51. The summed E-state index contributed by atoms with van der Waals surface area (Å²) in [6.07, 6.45) is 5.09. The number of urea groups is 1. The molecule has 0 spiro atoms. The molecule has 2 aliphatic carbocycles. The van der Waals surface area contributed by atoms with E-state index in [1.54, 1.807) is 0 Å². The maximum absolute atomic E-state index is 12.5. The van der Waals surface area contributed by atoms with E-state index in [2.05, 4.69) is 41.0 Å². The fourth-order valence-electron chi connectivity index (χ4n) is 4.37. The number of carbonyl (C=O) groups excluding carboxylic acids is 1. The van der Waals surface area contributed by atoms with Gasteiger partial charge in [-0.1, -0.05) is 42.5 Å². The Morgan fingerprint density at radius 3 is 2.69 bits per heavy atom. The number of aryl methyl sites for hydroxylation is 1. The summed E-state index contributed by atoms with van der Waals surface area (Å²) in [5.74, 6) is 0.529. The first-order valence-electron chi connectivity index (χ1n) is 9.60. The van der Waals surface area contributed by atoms with Crippen LogP contribution in [0.3, 0.4) is 0 Å². The van der Waals surface area contributed by atoms with Crippen molar-refractivity contribution in [2.45, 2.75) is 56.6 Å². The van der Waals surface area contributed by atoms with E-state index in [4.69, 9.17) is 0 Å². The average Bonchev–Trinajstić information content (AvgIpc) is 3.11. The number of benzene rings is 2. The second-order valence-electron chi connectivity index (χ2n) is 7.56. The van der Waals surface area contributed by atoms with Gasteiger partial charge in [-0.25, -0.2) is 4.79 Å². The summed E-state index contributed by atoms with van der Waals surface area (Å²) < 4.78 is 0. The van der Waals surface area contributed by atoms with Gasteiger partial charge in [0.15, 0.2) is 0 Å². The van der Waals surface area contributed by atoms with Crippen LogP contribution < -0.4 is 10.6 Å². The van der Waals surface area contributed by atoms with E-state index in [9.17, 15) is 9.90 Å². The lowest BCUT2D eigenvalue weighted by atomic mass is 9.88. The van der Waals surface area contributed by atoms with Gasteiger partial charge in [0.2, 0.25) is 0 Å². The maximum atomic E-state index is 12.5. The van der Waals surface area contributed by atoms with Crippen molar-refractivity contribution in [3.05, 3.63) is 65.2 Å². The number of nitrogens with one attached hydrogen (secondary N) is 2. The predicted octanol–water partition coefficient (Wildman–Crippen LogP) is 3.99. The molecule has 3 atom stereocenters. The Morgan fingerprint density at radius 2 is 1.85 bits per heavy atom. The number of hydrogen-bond acceptors (Lipinski definition) is 2. The zero-order valence-electron chi connectivity index (χ0n) is 14.9. The van der Waals surface area contributed by atoms with Gasteiger partial charge in [0.1, 0.15) is 0 Å². The number of aliphatic hydroxyl groups excluding tert-OH is 1. The quantitative estimate of drug-likeness (QED) is 0.784. The highest BCUT2D eigenvalue weighted by Crippen LogP contribution is 2.34. The van der Waals surface area contributed by atoms with Crippen LogP contribution in [0.15, 0.2) is 48.5 Å².